The van der Waals surface area contributed by atoms with Crippen molar-refractivity contribution < 1.29 is 14.7 Å². The van der Waals surface area contributed by atoms with Gasteiger partial charge in [0.25, 0.3) is 0 Å². The number of carboxylic acids is 1. The Labute approximate surface area is 112 Å². The van der Waals surface area contributed by atoms with Crippen LogP contribution in [0.25, 0.3) is 0 Å². The van der Waals surface area contributed by atoms with Gasteiger partial charge in [-0.15, -0.1) is 0 Å². The van der Waals surface area contributed by atoms with Crippen LogP contribution < -0.4 is 5.32 Å². The lowest BCUT2D eigenvalue weighted by Gasteiger charge is -2.30. The smallest absolute Gasteiger partial charge is 0.319 e. The second-order valence-corrected chi connectivity index (χ2v) is 6.88. The molecule has 2 atom stereocenters. The quantitative estimate of drug-likeness (QED) is 0.751. The van der Waals surface area contributed by atoms with Crippen LogP contribution in [0.15, 0.2) is 0 Å². The Balaban J connectivity index is 1.86. The molecule has 4 nitrogen and oxygen atoms in total. The fourth-order valence-electron chi connectivity index (χ4n) is 2.65. The number of carboxylic acid groups (broad SMARTS) is 1. The first-order valence-corrected chi connectivity index (χ1v) is 7.79. The third kappa shape index (κ3) is 2.82. The molecule has 2 fully saturated rings. The highest BCUT2D eigenvalue weighted by Gasteiger charge is 2.57. The molecule has 2 rings (SSSR count). The Hall–Kier alpha value is -0.710. The van der Waals surface area contributed by atoms with Gasteiger partial charge in [-0.05, 0) is 37.9 Å². The van der Waals surface area contributed by atoms with Gasteiger partial charge < -0.3 is 10.4 Å². The topological polar surface area (TPSA) is 66.4 Å². The lowest BCUT2D eigenvalue weighted by atomic mass is 9.94. The number of thioether (sulfide) groups is 1. The predicted octanol–water partition coefficient (Wildman–Crippen LogP) is 2.03. The van der Waals surface area contributed by atoms with E-state index in [1.807, 2.05) is 11.8 Å². The number of hydrogen-bond donors (Lipinski definition) is 2. The van der Waals surface area contributed by atoms with Gasteiger partial charge in [0.05, 0.1) is 0 Å². The van der Waals surface area contributed by atoms with Crippen LogP contribution in [0.1, 0.15) is 45.4 Å². The summed E-state index contributed by atoms with van der Waals surface area (Å²) in [4.78, 5) is 23.1. The molecule has 0 radical (unpaired) electrons. The van der Waals surface area contributed by atoms with Crippen molar-refractivity contribution in [3.05, 3.63) is 0 Å². The second-order valence-electron chi connectivity index (χ2n) is 5.30. The van der Waals surface area contributed by atoms with Crippen molar-refractivity contribution in [3.8, 4) is 0 Å². The van der Waals surface area contributed by atoms with Crippen LogP contribution in [0.5, 0.6) is 0 Å². The highest BCUT2D eigenvalue weighted by molar-refractivity contribution is 7.99. The van der Waals surface area contributed by atoms with E-state index in [1.165, 1.54) is 6.42 Å². The zero-order valence-electron chi connectivity index (χ0n) is 10.8. The maximum absolute atomic E-state index is 12.0. The Morgan fingerprint density at radius 3 is 2.67 bits per heavy atom. The molecule has 0 spiro atoms. The summed E-state index contributed by atoms with van der Waals surface area (Å²) in [6.07, 6.45) is 5.31. The molecular weight excluding hydrogens is 250 g/mol. The second kappa shape index (κ2) is 5.51. The highest BCUT2D eigenvalue weighted by Crippen LogP contribution is 2.46. The number of carbonyl (C=O) groups is 2. The largest absolute Gasteiger partial charge is 0.480 e. The molecule has 2 saturated carbocycles. The van der Waals surface area contributed by atoms with Crippen molar-refractivity contribution in [2.45, 2.75) is 56.7 Å². The van der Waals surface area contributed by atoms with Gasteiger partial charge in [0.15, 0.2) is 0 Å². The summed E-state index contributed by atoms with van der Waals surface area (Å²) in [6.45, 7) is 2.15. The molecule has 2 aliphatic carbocycles. The van der Waals surface area contributed by atoms with Crippen molar-refractivity contribution >= 4 is 23.6 Å². The Morgan fingerprint density at radius 1 is 1.39 bits per heavy atom. The molecule has 0 saturated heterocycles. The third-order valence-electron chi connectivity index (χ3n) is 3.96. The van der Waals surface area contributed by atoms with Crippen LogP contribution in [-0.2, 0) is 9.59 Å². The fraction of sp³-hybridized carbons (Fsp3) is 0.846. The minimum atomic E-state index is -1.09. The number of carbonyl (C=O) groups excluding carboxylic acids is 1. The molecule has 0 bridgehead atoms. The molecule has 1 amide bonds. The molecule has 0 aromatic rings. The summed E-state index contributed by atoms with van der Waals surface area (Å²) in [5.74, 6) is -0.123. The maximum Gasteiger partial charge on any atom is 0.319 e. The van der Waals surface area contributed by atoms with Gasteiger partial charge in [-0.25, -0.2) is 0 Å². The standard InChI is InChI=1S/C13H21NO3S/c1-2-18-10-5-3-4-9(8-10)14-11(15)13(6-7-13)12(16)17/h9-10H,2-8H2,1H3,(H,14,15)(H,16,17). The van der Waals surface area contributed by atoms with E-state index in [-0.39, 0.29) is 11.9 Å². The molecule has 0 aromatic carbocycles. The van der Waals surface area contributed by atoms with Gasteiger partial charge in [-0.2, -0.15) is 11.8 Å². The molecule has 0 heterocycles. The third-order valence-corrected chi connectivity index (χ3v) is 5.19. The van der Waals surface area contributed by atoms with Crippen LogP contribution in [-0.4, -0.2) is 34.0 Å². The minimum Gasteiger partial charge on any atom is -0.480 e. The Bertz CT molecular complexity index is 339. The van der Waals surface area contributed by atoms with Gasteiger partial charge in [-0.1, -0.05) is 13.3 Å². The first-order valence-electron chi connectivity index (χ1n) is 6.74. The van der Waals surface area contributed by atoms with Crippen molar-refractivity contribution in [1.29, 1.82) is 0 Å². The summed E-state index contributed by atoms with van der Waals surface area (Å²) < 4.78 is 0. The molecule has 18 heavy (non-hydrogen) atoms. The van der Waals surface area contributed by atoms with Gasteiger partial charge in [0.1, 0.15) is 5.41 Å². The summed E-state index contributed by atoms with van der Waals surface area (Å²) >= 11 is 1.94. The number of hydrogen-bond acceptors (Lipinski definition) is 3. The summed E-state index contributed by atoms with van der Waals surface area (Å²) in [6, 6.07) is 0.173. The van der Waals surface area contributed by atoms with E-state index in [4.69, 9.17) is 5.11 Å². The van der Waals surface area contributed by atoms with Crippen molar-refractivity contribution in [1.82, 2.24) is 5.32 Å². The SMILES string of the molecule is CCSC1CCCC(NC(=O)C2(C(=O)O)CC2)C1. The van der Waals surface area contributed by atoms with E-state index < -0.39 is 11.4 Å². The van der Waals surface area contributed by atoms with Crippen LogP contribution >= 0.6 is 11.8 Å². The van der Waals surface area contributed by atoms with Crippen LogP contribution in [0.3, 0.4) is 0 Å². The number of amides is 1. The molecule has 5 heteroatoms. The van der Waals surface area contributed by atoms with Gasteiger partial charge in [-0.3, -0.25) is 9.59 Å². The zero-order chi connectivity index (χ0) is 13.2. The number of nitrogens with one attached hydrogen (secondary N) is 1. The van der Waals surface area contributed by atoms with E-state index in [0.29, 0.717) is 18.1 Å². The summed E-state index contributed by atoms with van der Waals surface area (Å²) in [5.41, 5.74) is -1.09. The van der Waals surface area contributed by atoms with Gasteiger partial charge in [0, 0.05) is 11.3 Å². The lowest BCUT2D eigenvalue weighted by molar-refractivity contribution is -0.149. The highest BCUT2D eigenvalue weighted by atomic mass is 32.2. The molecule has 2 N–H and O–H groups in total. The van der Waals surface area contributed by atoms with E-state index in [0.717, 1.165) is 25.0 Å². The van der Waals surface area contributed by atoms with E-state index in [9.17, 15) is 9.59 Å². The molecule has 2 aliphatic rings. The Kier molecular flexibility index (Phi) is 4.20. The van der Waals surface area contributed by atoms with Crippen molar-refractivity contribution in [2.24, 2.45) is 5.41 Å². The van der Waals surface area contributed by atoms with Crippen molar-refractivity contribution in [2.75, 3.05) is 5.75 Å². The first kappa shape index (κ1) is 13.7. The Morgan fingerprint density at radius 2 is 2.11 bits per heavy atom. The van der Waals surface area contributed by atoms with Crippen LogP contribution in [0.2, 0.25) is 0 Å². The lowest BCUT2D eigenvalue weighted by Crippen LogP contribution is -2.45. The van der Waals surface area contributed by atoms with Gasteiger partial charge >= 0.3 is 5.97 Å². The molecular formula is C13H21NO3S. The maximum atomic E-state index is 12.0. The molecule has 0 aliphatic heterocycles. The van der Waals surface area contributed by atoms with E-state index in [2.05, 4.69) is 12.2 Å². The molecule has 102 valence electrons. The predicted molar refractivity (Wildman–Crippen MR) is 71.6 cm³/mol. The molecule has 2 unspecified atom stereocenters. The number of aliphatic carboxylic acids is 1. The average molecular weight is 271 g/mol. The van der Waals surface area contributed by atoms with E-state index >= 15 is 0 Å². The fourth-order valence-corrected chi connectivity index (χ4v) is 3.82. The van der Waals surface area contributed by atoms with Crippen LogP contribution in [0, 0.1) is 5.41 Å². The van der Waals surface area contributed by atoms with Crippen LogP contribution in [0.4, 0.5) is 0 Å². The number of rotatable bonds is 5. The zero-order valence-corrected chi connectivity index (χ0v) is 11.6. The molecule has 0 aromatic heterocycles. The summed E-state index contributed by atoms with van der Waals surface area (Å²) in [7, 11) is 0. The minimum absolute atomic E-state index is 0.173. The normalized spacial score (nSPS) is 29.6. The summed E-state index contributed by atoms with van der Waals surface area (Å²) in [5, 5.41) is 12.7. The van der Waals surface area contributed by atoms with Crippen molar-refractivity contribution in [3.63, 3.8) is 0 Å². The average Bonchev–Trinajstić information content (AvgIpc) is 3.10. The van der Waals surface area contributed by atoms with E-state index in [1.54, 1.807) is 0 Å². The first-order chi connectivity index (χ1) is 8.58. The van der Waals surface area contributed by atoms with Gasteiger partial charge in [0.2, 0.25) is 5.91 Å². The monoisotopic (exact) mass is 271 g/mol.